The Morgan fingerprint density at radius 1 is 0.630 bits per heavy atom. The molecule has 0 fully saturated rings. The average Bonchev–Trinajstić information content (AvgIpc) is 2.45. The molecule has 2 rings (SSSR count). The third kappa shape index (κ3) is 7.90. The van der Waals surface area contributed by atoms with E-state index in [1.807, 2.05) is 0 Å². The summed E-state index contributed by atoms with van der Waals surface area (Å²) in [5.41, 5.74) is 10.1. The summed E-state index contributed by atoms with van der Waals surface area (Å²) in [6, 6.07) is 4.10. The van der Waals surface area contributed by atoms with Crippen LogP contribution in [0.1, 0.15) is 0 Å². The second-order valence-electron chi connectivity index (χ2n) is 4.52. The van der Waals surface area contributed by atoms with Crippen LogP contribution in [-0.2, 0) is 20.2 Å². The maximum Gasteiger partial charge on any atom is 2.00 e. The molecule has 0 amide bonds. The van der Waals surface area contributed by atoms with Gasteiger partial charge in [0.2, 0.25) is 0 Å². The minimum absolute atomic E-state index is 0. The molecule has 144 valence electrons. The van der Waals surface area contributed by atoms with Gasteiger partial charge in [0.1, 0.15) is 20.2 Å². The van der Waals surface area contributed by atoms with E-state index in [4.69, 9.17) is 57.9 Å². The fourth-order valence-corrected chi connectivity index (χ4v) is 3.54. The van der Waals surface area contributed by atoms with Crippen molar-refractivity contribution in [1.29, 1.82) is 0 Å². The fraction of sp³-hybridized carbons (Fsp3) is 0. The molecule has 0 radical (unpaired) electrons. The Balaban J connectivity index is 0.000000483. The first-order valence-corrected chi connectivity index (χ1v) is 10.4. The Bertz CT molecular complexity index is 979. The van der Waals surface area contributed by atoms with E-state index in [0.29, 0.717) is 0 Å². The zero-order chi connectivity index (χ0) is 20.4. The van der Waals surface area contributed by atoms with Crippen molar-refractivity contribution in [3.8, 4) is 0 Å². The number of hydrogen-bond acceptors (Lipinski definition) is 8. The molecule has 2 aromatic rings. The second-order valence-corrected chi connectivity index (χ2v) is 8.84. The molecule has 0 unspecified atom stereocenters. The van der Waals surface area contributed by atoms with E-state index in [0.717, 1.165) is 24.3 Å². The zero-order valence-corrected chi connectivity index (χ0v) is 19.8. The largest absolute Gasteiger partial charge is 2.00 e. The smallest absolute Gasteiger partial charge is 0.744 e. The summed E-state index contributed by atoms with van der Waals surface area (Å²) >= 11 is 22.1. The van der Waals surface area contributed by atoms with Crippen molar-refractivity contribution in [2.45, 2.75) is 9.79 Å². The van der Waals surface area contributed by atoms with Crippen molar-refractivity contribution in [1.82, 2.24) is 0 Å². The Hall–Kier alpha value is 0.280. The molecule has 0 aliphatic heterocycles. The number of halogens is 4. The summed E-state index contributed by atoms with van der Waals surface area (Å²) in [4.78, 5) is -1.11. The summed E-state index contributed by atoms with van der Waals surface area (Å²) in [6.45, 7) is 0. The van der Waals surface area contributed by atoms with Gasteiger partial charge in [-0.25, -0.2) is 16.8 Å². The third-order valence-corrected chi connectivity index (χ3v) is 5.87. The Kier molecular flexibility index (Phi) is 10.5. The van der Waals surface area contributed by atoms with E-state index in [1.54, 1.807) is 0 Å². The van der Waals surface area contributed by atoms with Crippen molar-refractivity contribution >= 4 is 116 Å². The minimum atomic E-state index is -4.59. The van der Waals surface area contributed by atoms with E-state index >= 15 is 0 Å². The first kappa shape index (κ1) is 27.3. The van der Waals surface area contributed by atoms with E-state index < -0.39 is 30.0 Å². The summed E-state index contributed by atoms with van der Waals surface area (Å²) in [5.74, 6) is 0. The van der Waals surface area contributed by atoms with E-state index in [2.05, 4.69) is 0 Å². The van der Waals surface area contributed by atoms with Crippen LogP contribution < -0.4 is 11.5 Å². The normalized spacial score (nSPS) is 11.2. The Morgan fingerprint density at radius 2 is 0.852 bits per heavy atom. The number of hydrogen-bond donors (Lipinski definition) is 2. The molecule has 0 bridgehead atoms. The van der Waals surface area contributed by atoms with Crippen molar-refractivity contribution in [2.75, 3.05) is 11.5 Å². The molecule has 0 heterocycles. The van der Waals surface area contributed by atoms with Crippen LogP contribution in [0.4, 0.5) is 11.4 Å². The van der Waals surface area contributed by atoms with Gasteiger partial charge in [-0.1, -0.05) is 46.4 Å². The van der Waals surface area contributed by atoms with Gasteiger partial charge in [0.05, 0.1) is 41.3 Å². The van der Waals surface area contributed by atoms with Crippen LogP contribution in [0.5, 0.6) is 0 Å². The molecule has 0 aliphatic carbocycles. The van der Waals surface area contributed by atoms with Gasteiger partial charge >= 0.3 is 37.7 Å². The van der Waals surface area contributed by atoms with Crippen molar-refractivity contribution in [3.63, 3.8) is 0 Å². The van der Waals surface area contributed by atoms with Gasteiger partial charge in [-0.3, -0.25) is 0 Å². The fourth-order valence-electron chi connectivity index (χ4n) is 1.52. The molecule has 0 spiro atoms. The average molecular weight is 522 g/mol. The topological polar surface area (TPSA) is 166 Å². The van der Waals surface area contributed by atoms with Crippen LogP contribution >= 0.6 is 46.4 Å². The quantitative estimate of drug-likeness (QED) is 0.345. The standard InChI is InChI=1S/2C6H5Cl2NO3S.Ca/c2*7-3-1-5(9)6(2-4(3)8)13(10,11)12;/h2*1-2H,9H2,(H,10,11,12);/q;;+2/p-2. The first-order chi connectivity index (χ1) is 11.6. The third-order valence-electron chi connectivity index (χ3n) is 2.64. The number of benzene rings is 2. The zero-order valence-electron chi connectivity index (χ0n) is 12.9. The van der Waals surface area contributed by atoms with Crippen molar-refractivity contribution in [3.05, 3.63) is 44.4 Å². The summed E-state index contributed by atoms with van der Waals surface area (Å²) in [6.07, 6.45) is 0. The van der Waals surface area contributed by atoms with E-state index in [1.165, 1.54) is 0 Å². The Morgan fingerprint density at radius 3 is 1.07 bits per heavy atom. The molecule has 4 N–H and O–H groups in total. The summed E-state index contributed by atoms with van der Waals surface area (Å²) < 4.78 is 63.5. The monoisotopic (exact) mass is 520 g/mol. The molecule has 2 aromatic carbocycles. The van der Waals surface area contributed by atoms with E-state index in [9.17, 15) is 25.9 Å². The number of nitrogen functional groups attached to an aromatic ring is 2. The molecular weight excluding hydrogens is 514 g/mol. The van der Waals surface area contributed by atoms with Crippen LogP contribution in [-0.4, -0.2) is 63.7 Å². The van der Waals surface area contributed by atoms with Crippen LogP contribution in [0.25, 0.3) is 0 Å². The van der Waals surface area contributed by atoms with Gasteiger partial charge < -0.3 is 20.6 Å². The molecule has 0 atom stereocenters. The van der Waals surface area contributed by atoms with Crippen LogP contribution in [0.3, 0.4) is 0 Å². The van der Waals surface area contributed by atoms with Gasteiger partial charge in [0.15, 0.2) is 0 Å². The van der Waals surface area contributed by atoms with Gasteiger partial charge in [-0.2, -0.15) is 0 Å². The SMILES string of the molecule is Nc1cc(Cl)c(Cl)cc1S(=O)(=O)[O-].Nc1cc(Cl)c(Cl)cc1S(=O)(=O)[O-].[Ca+2]. The molecule has 27 heavy (non-hydrogen) atoms. The van der Waals surface area contributed by atoms with Gasteiger partial charge in [-0.05, 0) is 24.3 Å². The number of nitrogens with two attached hydrogens (primary N) is 2. The Labute approximate surface area is 205 Å². The maximum atomic E-state index is 10.6. The molecule has 0 saturated heterocycles. The summed E-state index contributed by atoms with van der Waals surface area (Å²) in [5, 5.41) is 0.161. The predicted molar refractivity (Wildman–Crippen MR) is 103 cm³/mol. The molecular formula is C12H8CaCl4N2O6S2. The van der Waals surface area contributed by atoms with Crippen LogP contribution in [0, 0.1) is 0 Å². The van der Waals surface area contributed by atoms with Gasteiger partial charge in [0, 0.05) is 0 Å². The minimum Gasteiger partial charge on any atom is -0.744 e. The molecule has 15 heteroatoms. The molecule has 0 aliphatic rings. The van der Waals surface area contributed by atoms with E-state index in [-0.39, 0.29) is 69.2 Å². The van der Waals surface area contributed by atoms with Crippen LogP contribution in [0.2, 0.25) is 20.1 Å². The van der Waals surface area contributed by atoms with Crippen molar-refractivity contribution in [2.24, 2.45) is 0 Å². The second kappa shape index (κ2) is 10.4. The predicted octanol–water partition coefficient (Wildman–Crippen LogP) is 2.58. The molecule has 0 aromatic heterocycles. The van der Waals surface area contributed by atoms with Crippen LogP contribution in [0.15, 0.2) is 34.1 Å². The number of anilines is 2. The molecule has 8 nitrogen and oxygen atoms in total. The van der Waals surface area contributed by atoms with Crippen molar-refractivity contribution < 1.29 is 25.9 Å². The summed E-state index contributed by atoms with van der Waals surface area (Å²) in [7, 11) is -9.18. The van der Waals surface area contributed by atoms with Gasteiger partial charge in [0.25, 0.3) is 0 Å². The number of rotatable bonds is 2. The maximum absolute atomic E-state index is 10.6. The first-order valence-electron chi connectivity index (χ1n) is 6.05. The van der Waals surface area contributed by atoms with Gasteiger partial charge in [-0.15, -0.1) is 0 Å². The molecule has 0 saturated carbocycles.